The van der Waals surface area contributed by atoms with Crippen molar-refractivity contribution >= 4 is 27.8 Å². The largest absolute Gasteiger partial charge is 0.334 e. The van der Waals surface area contributed by atoms with Crippen LogP contribution in [0.4, 0.5) is 0 Å². The number of rotatable bonds is 0. The fourth-order valence-electron chi connectivity index (χ4n) is 3.43. The second-order valence-corrected chi connectivity index (χ2v) is 6.35. The molecule has 2 nitrogen and oxygen atoms in total. The number of aryl methyl sites for hydroxylation is 2. The fraction of sp³-hybridized carbons (Fsp3) is 0.400. The quantitative estimate of drug-likeness (QED) is 0.719. The highest BCUT2D eigenvalue weighted by Crippen LogP contribution is 2.40. The molecule has 0 bridgehead atoms. The highest BCUT2D eigenvalue weighted by atomic mass is 32.2. The lowest BCUT2D eigenvalue weighted by atomic mass is 9.99. The molecule has 2 aliphatic rings. The van der Waals surface area contributed by atoms with Crippen LogP contribution < -0.4 is 0 Å². The highest BCUT2D eigenvalue weighted by Gasteiger charge is 2.31. The minimum atomic E-state index is 0.271. The Morgan fingerprint density at radius 1 is 1.33 bits per heavy atom. The predicted molar refractivity (Wildman–Crippen MR) is 75.5 cm³/mol. The average Bonchev–Trinajstić information content (AvgIpc) is 2.73. The number of fused-ring (bicyclic) bond motifs is 3. The van der Waals surface area contributed by atoms with Gasteiger partial charge in [-0.3, -0.25) is 4.79 Å². The zero-order chi connectivity index (χ0) is 12.3. The second-order valence-electron chi connectivity index (χ2n) is 5.28. The molecule has 2 aromatic rings. The van der Waals surface area contributed by atoms with Crippen molar-refractivity contribution in [1.82, 2.24) is 4.57 Å². The first-order valence-electron chi connectivity index (χ1n) is 6.59. The van der Waals surface area contributed by atoms with E-state index in [1.807, 2.05) is 0 Å². The molecule has 92 valence electrons. The fourth-order valence-corrected chi connectivity index (χ4v) is 4.28. The molecule has 4 rings (SSSR count). The summed E-state index contributed by atoms with van der Waals surface area (Å²) < 4.78 is 2.32. The van der Waals surface area contributed by atoms with E-state index in [9.17, 15) is 4.79 Å². The van der Waals surface area contributed by atoms with E-state index >= 15 is 0 Å². The number of nitrogens with zero attached hydrogens (tertiary/aromatic N) is 1. The number of hydrogen-bond acceptors (Lipinski definition) is 2. The Hall–Kier alpha value is -1.22. The lowest BCUT2D eigenvalue weighted by Crippen LogP contribution is -2.19. The number of para-hydroxylation sites is 1. The summed E-state index contributed by atoms with van der Waals surface area (Å²) >= 11 is 1.48. The zero-order valence-corrected chi connectivity index (χ0v) is 11.2. The molecule has 1 aromatic carbocycles. The van der Waals surface area contributed by atoms with E-state index < -0.39 is 0 Å². The molecular weight excluding hydrogens is 242 g/mol. The molecule has 2 aliphatic heterocycles. The maximum atomic E-state index is 12.3. The topological polar surface area (TPSA) is 22.0 Å². The van der Waals surface area contributed by atoms with E-state index in [1.165, 1.54) is 33.8 Å². The summed E-state index contributed by atoms with van der Waals surface area (Å²) in [5.74, 6) is 0.934. The van der Waals surface area contributed by atoms with Crippen molar-refractivity contribution in [2.24, 2.45) is 0 Å². The van der Waals surface area contributed by atoms with E-state index in [4.69, 9.17) is 0 Å². The van der Waals surface area contributed by atoms with Gasteiger partial charge in [0, 0.05) is 17.2 Å². The Balaban J connectivity index is 2.19. The van der Waals surface area contributed by atoms with Crippen LogP contribution in [-0.2, 0) is 12.8 Å². The number of carbonyl (C=O) groups excluding carboxylic acids is 1. The maximum Gasteiger partial charge on any atom is 0.236 e. The number of hydrogen-bond donors (Lipinski definition) is 0. The van der Waals surface area contributed by atoms with Gasteiger partial charge in [-0.15, -0.1) is 0 Å². The third-order valence-electron chi connectivity index (χ3n) is 4.26. The summed E-state index contributed by atoms with van der Waals surface area (Å²) in [6.07, 6.45) is 3.32. The summed E-state index contributed by atoms with van der Waals surface area (Å²) in [5.41, 5.74) is 5.03. The van der Waals surface area contributed by atoms with Gasteiger partial charge < -0.3 is 4.57 Å². The Kier molecular flexibility index (Phi) is 2.16. The molecule has 18 heavy (non-hydrogen) atoms. The monoisotopic (exact) mass is 257 g/mol. The minimum absolute atomic E-state index is 0.271. The summed E-state index contributed by atoms with van der Waals surface area (Å²) in [5, 5.41) is 1.59. The predicted octanol–water partition coefficient (Wildman–Crippen LogP) is 3.58. The van der Waals surface area contributed by atoms with Gasteiger partial charge in [-0.25, -0.2) is 0 Å². The lowest BCUT2D eigenvalue weighted by molar-refractivity contribution is 0.107. The molecule has 0 radical (unpaired) electrons. The van der Waals surface area contributed by atoms with Crippen LogP contribution in [0.5, 0.6) is 0 Å². The Morgan fingerprint density at radius 3 is 3.11 bits per heavy atom. The van der Waals surface area contributed by atoms with Gasteiger partial charge in [0.15, 0.2) is 0 Å². The van der Waals surface area contributed by atoms with E-state index in [0.29, 0.717) is 6.04 Å². The molecule has 0 N–H and O–H groups in total. The number of aromatic nitrogens is 1. The van der Waals surface area contributed by atoms with Crippen LogP contribution >= 0.6 is 11.8 Å². The van der Waals surface area contributed by atoms with Gasteiger partial charge in [-0.2, -0.15) is 0 Å². The molecule has 0 spiro atoms. The van der Waals surface area contributed by atoms with Crippen molar-refractivity contribution in [1.29, 1.82) is 0 Å². The van der Waals surface area contributed by atoms with Crippen LogP contribution in [0.25, 0.3) is 10.9 Å². The molecule has 1 aromatic heterocycles. The van der Waals surface area contributed by atoms with Crippen LogP contribution in [0.15, 0.2) is 18.2 Å². The van der Waals surface area contributed by atoms with Crippen molar-refractivity contribution in [3.8, 4) is 0 Å². The molecule has 0 aliphatic carbocycles. The lowest BCUT2D eigenvalue weighted by Gasteiger charge is -2.25. The van der Waals surface area contributed by atoms with Crippen molar-refractivity contribution in [2.75, 3.05) is 5.75 Å². The molecule has 0 saturated heterocycles. The molecule has 1 atom stereocenters. The normalized spacial score (nSPS) is 22.3. The Bertz CT molecular complexity index is 671. The van der Waals surface area contributed by atoms with Gasteiger partial charge >= 0.3 is 0 Å². The summed E-state index contributed by atoms with van der Waals surface area (Å²) in [6.45, 7) is 2.24. The first-order valence-corrected chi connectivity index (χ1v) is 7.57. The van der Waals surface area contributed by atoms with E-state index in [2.05, 4.69) is 29.7 Å². The van der Waals surface area contributed by atoms with Crippen molar-refractivity contribution in [3.05, 3.63) is 35.0 Å². The smallest absolute Gasteiger partial charge is 0.236 e. The molecule has 3 heterocycles. The third-order valence-corrected chi connectivity index (χ3v) is 5.13. The van der Waals surface area contributed by atoms with Crippen LogP contribution in [-0.4, -0.2) is 15.4 Å². The number of thioether (sulfide) groups is 1. The number of benzene rings is 1. The van der Waals surface area contributed by atoms with Gasteiger partial charge in [0.1, 0.15) is 5.69 Å². The van der Waals surface area contributed by atoms with Crippen LogP contribution in [0.1, 0.15) is 41.0 Å². The summed E-state index contributed by atoms with van der Waals surface area (Å²) in [4.78, 5) is 12.3. The first-order chi connectivity index (χ1) is 8.77. The Labute approximate surface area is 110 Å². The van der Waals surface area contributed by atoms with E-state index in [1.54, 1.807) is 0 Å². The molecule has 0 amide bonds. The van der Waals surface area contributed by atoms with Gasteiger partial charge in [-0.1, -0.05) is 30.0 Å². The van der Waals surface area contributed by atoms with Crippen molar-refractivity contribution < 1.29 is 4.79 Å². The third kappa shape index (κ3) is 1.23. The molecule has 0 unspecified atom stereocenters. The standard InChI is InChI=1S/C15H15NOS/c1-9-5-6-10-3-2-4-11-12-7-8-18-15(17)14(12)16(9)13(10)11/h2-4,9H,5-8H2,1H3/t9-/m0/s1. The van der Waals surface area contributed by atoms with Crippen LogP contribution in [0.2, 0.25) is 0 Å². The van der Waals surface area contributed by atoms with E-state index in [-0.39, 0.29) is 5.12 Å². The van der Waals surface area contributed by atoms with Gasteiger partial charge in [0.25, 0.3) is 0 Å². The van der Waals surface area contributed by atoms with E-state index in [0.717, 1.165) is 30.7 Å². The maximum absolute atomic E-state index is 12.3. The summed E-state index contributed by atoms with van der Waals surface area (Å²) in [7, 11) is 0. The second kappa shape index (κ2) is 3.64. The first kappa shape index (κ1) is 10.7. The molecule has 3 heteroatoms. The van der Waals surface area contributed by atoms with Crippen molar-refractivity contribution in [2.45, 2.75) is 32.2 Å². The molecule has 0 fully saturated rings. The van der Waals surface area contributed by atoms with Gasteiger partial charge in [-0.05, 0) is 37.3 Å². The minimum Gasteiger partial charge on any atom is -0.334 e. The average molecular weight is 257 g/mol. The van der Waals surface area contributed by atoms with Gasteiger partial charge in [0.05, 0.1) is 5.52 Å². The van der Waals surface area contributed by atoms with Crippen molar-refractivity contribution in [3.63, 3.8) is 0 Å². The van der Waals surface area contributed by atoms with Crippen LogP contribution in [0, 0.1) is 0 Å². The highest BCUT2D eigenvalue weighted by molar-refractivity contribution is 8.14. The Morgan fingerprint density at radius 2 is 2.22 bits per heavy atom. The number of carbonyl (C=O) groups is 1. The summed E-state index contributed by atoms with van der Waals surface area (Å²) in [6, 6.07) is 7.00. The molecular formula is C15H15NOS. The molecule has 0 saturated carbocycles. The SMILES string of the molecule is C[C@H]1CCc2cccc3c4c(n1c23)C(=O)SCC4. The van der Waals surface area contributed by atoms with Crippen LogP contribution in [0.3, 0.4) is 0 Å². The zero-order valence-electron chi connectivity index (χ0n) is 10.4. The van der Waals surface area contributed by atoms with Gasteiger partial charge in [0.2, 0.25) is 5.12 Å².